The zero-order valence-corrected chi connectivity index (χ0v) is 14.5. The molecular formula is C17H17FN2O4S. The molecule has 1 unspecified atom stereocenters. The predicted octanol–water partition coefficient (Wildman–Crippen LogP) is 3.65. The van der Waals surface area contributed by atoms with E-state index in [2.05, 4.69) is 5.32 Å². The second kappa shape index (κ2) is 8.59. The summed E-state index contributed by atoms with van der Waals surface area (Å²) in [5.41, 5.74) is -0.0900. The minimum atomic E-state index is -0.576. The Morgan fingerprint density at radius 2 is 2.04 bits per heavy atom. The first-order chi connectivity index (χ1) is 11.9. The Morgan fingerprint density at radius 3 is 2.68 bits per heavy atom. The Bertz CT molecular complexity index is 785. The van der Waals surface area contributed by atoms with Gasteiger partial charge < -0.3 is 10.1 Å². The maximum atomic E-state index is 13.9. The van der Waals surface area contributed by atoms with Crippen LogP contribution in [-0.2, 0) is 4.74 Å². The van der Waals surface area contributed by atoms with Crippen LogP contribution in [0.25, 0.3) is 0 Å². The Balaban J connectivity index is 2.36. The SMILES string of the molecule is COCC(C)NC(=O)c1cc([N+](=O)[O-])ccc1Sc1ccccc1F. The minimum Gasteiger partial charge on any atom is -0.383 e. The molecule has 0 aliphatic carbocycles. The van der Waals surface area contributed by atoms with Crippen molar-refractivity contribution in [2.24, 2.45) is 0 Å². The number of ether oxygens (including phenoxy) is 1. The molecule has 2 aromatic rings. The van der Waals surface area contributed by atoms with Gasteiger partial charge in [0.15, 0.2) is 0 Å². The summed E-state index contributed by atoms with van der Waals surface area (Å²) in [6.07, 6.45) is 0. The van der Waals surface area contributed by atoms with Crippen LogP contribution in [0.5, 0.6) is 0 Å². The van der Waals surface area contributed by atoms with Crippen LogP contribution in [0.2, 0.25) is 0 Å². The van der Waals surface area contributed by atoms with Crippen LogP contribution in [0.15, 0.2) is 52.3 Å². The van der Waals surface area contributed by atoms with Crippen LogP contribution in [0.4, 0.5) is 10.1 Å². The fourth-order valence-electron chi connectivity index (χ4n) is 2.14. The van der Waals surface area contributed by atoms with Gasteiger partial charge in [0, 0.05) is 35.1 Å². The number of amides is 1. The number of halogens is 1. The Hall–Kier alpha value is -2.45. The average molecular weight is 364 g/mol. The smallest absolute Gasteiger partial charge is 0.270 e. The number of methoxy groups -OCH3 is 1. The summed E-state index contributed by atoms with van der Waals surface area (Å²) >= 11 is 1.04. The maximum Gasteiger partial charge on any atom is 0.270 e. The molecule has 8 heteroatoms. The van der Waals surface area contributed by atoms with Gasteiger partial charge in [-0.25, -0.2) is 4.39 Å². The van der Waals surface area contributed by atoms with Gasteiger partial charge in [-0.05, 0) is 25.1 Å². The van der Waals surface area contributed by atoms with Crippen molar-refractivity contribution < 1.29 is 18.8 Å². The quantitative estimate of drug-likeness (QED) is 0.599. The van der Waals surface area contributed by atoms with Gasteiger partial charge in [-0.2, -0.15) is 0 Å². The van der Waals surface area contributed by atoms with E-state index in [9.17, 15) is 19.3 Å². The molecule has 0 saturated heterocycles. The lowest BCUT2D eigenvalue weighted by Crippen LogP contribution is -2.35. The molecule has 0 aromatic heterocycles. The highest BCUT2D eigenvalue weighted by Crippen LogP contribution is 2.34. The molecule has 132 valence electrons. The number of carbonyl (C=O) groups is 1. The van der Waals surface area contributed by atoms with Crippen LogP contribution < -0.4 is 5.32 Å². The Morgan fingerprint density at radius 1 is 1.32 bits per heavy atom. The van der Waals surface area contributed by atoms with Crippen molar-refractivity contribution in [3.8, 4) is 0 Å². The topological polar surface area (TPSA) is 81.5 Å². The number of nitro benzene ring substituents is 1. The van der Waals surface area contributed by atoms with E-state index in [-0.39, 0.29) is 17.3 Å². The number of carbonyl (C=O) groups excluding carboxylic acids is 1. The van der Waals surface area contributed by atoms with Crippen LogP contribution in [-0.4, -0.2) is 30.6 Å². The third-order valence-electron chi connectivity index (χ3n) is 3.27. The van der Waals surface area contributed by atoms with Crippen molar-refractivity contribution in [3.05, 3.63) is 64.0 Å². The molecule has 0 fully saturated rings. The normalized spacial score (nSPS) is 11.8. The van der Waals surface area contributed by atoms with Crippen molar-refractivity contribution in [1.82, 2.24) is 5.32 Å². The molecule has 0 saturated carbocycles. The summed E-state index contributed by atoms with van der Waals surface area (Å²) < 4.78 is 18.8. The zero-order chi connectivity index (χ0) is 18.4. The van der Waals surface area contributed by atoms with E-state index in [4.69, 9.17) is 4.74 Å². The molecule has 0 aliphatic heterocycles. The van der Waals surface area contributed by atoms with E-state index >= 15 is 0 Å². The number of nitrogens with one attached hydrogen (secondary N) is 1. The van der Waals surface area contributed by atoms with E-state index in [1.165, 1.54) is 31.4 Å². The third-order valence-corrected chi connectivity index (χ3v) is 4.40. The molecule has 1 atom stereocenters. The number of hydrogen-bond donors (Lipinski definition) is 1. The minimum absolute atomic E-state index is 0.116. The highest BCUT2D eigenvalue weighted by atomic mass is 32.2. The summed E-state index contributed by atoms with van der Waals surface area (Å²) in [5.74, 6) is -0.906. The number of non-ortho nitro benzene ring substituents is 1. The lowest BCUT2D eigenvalue weighted by molar-refractivity contribution is -0.384. The summed E-state index contributed by atoms with van der Waals surface area (Å²) in [4.78, 5) is 23.7. The molecule has 1 N–H and O–H groups in total. The third kappa shape index (κ3) is 5.01. The molecule has 1 amide bonds. The average Bonchev–Trinajstić information content (AvgIpc) is 2.57. The highest BCUT2D eigenvalue weighted by molar-refractivity contribution is 7.99. The van der Waals surface area contributed by atoms with Crippen molar-refractivity contribution >= 4 is 23.4 Å². The molecule has 0 bridgehead atoms. The summed E-state index contributed by atoms with van der Waals surface area (Å²) in [6.45, 7) is 2.05. The van der Waals surface area contributed by atoms with Gasteiger partial charge in [-0.3, -0.25) is 14.9 Å². The number of nitrogens with zero attached hydrogens (tertiary/aromatic N) is 1. The van der Waals surface area contributed by atoms with Crippen LogP contribution in [0.3, 0.4) is 0 Å². The Labute approximate surface area is 148 Å². The second-order valence-corrected chi connectivity index (χ2v) is 6.38. The van der Waals surface area contributed by atoms with Crippen LogP contribution >= 0.6 is 11.8 Å². The molecule has 0 aliphatic rings. The van der Waals surface area contributed by atoms with Gasteiger partial charge in [0.25, 0.3) is 11.6 Å². The zero-order valence-electron chi connectivity index (χ0n) is 13.7. The second-order valence-electron chi connectivity index (χ2n) is 5.30. The van der Waals surface area contributed by atoms with Crippen molar-refractivity contribution in [2.75, 3.05) is 13.7 Å². The molecule has 25 heavy (non-hydrogen) atoms. The maximum absolute atomic E-state index is 13.9. The number of nitro groups is 1. The molecule has 0 radical (unpaired) electrons. The number of rotatable bonds is 7. The summed E-state index contributed by atoms with van der Waals surface area (Å²) in [5, 5.41) is 13.7. The number of hydrogen-bond acceptors (Lipinski definition) is 5. The largest absolute Gasteiger partial charge is 0.383 e. The Kier molecular flexibility index (Phi) is 6.49. The van der Waals surface area contributed by atoms with E-state index in [1.54, 1.807) is 25.1 Å². The van der Waals surface area contributed by atoms with Gasteiger partial charge in [-0.15, -0.1) is 0 Å². The van der Waals surface area contributed by atoms with Crippen molar-refractivity contribution in [3.63, 3.8) is 0 Å². The number of benzene rings is 2. The van der Waals surface area contributed by atoms with Gasteiger partial charge in [0.1, 0.15) is 5.82 Å². The fourth-order valence-corrected chi connectivity index (χ4v) is 3.08. The van der Waals surface area contributed by atoms with Crippen LogP contribution in [0, 0.1) is 15.9 Å². The monoisotopic (exact) mass is 364 g/mol. The first kappa shape index (κ1) is 18.9. The summed E-state index contributed by atoms with van der Waals surface area (Å²) in [6, 6.07) is 9.79. The van der Waals surface area contributed by atoms with Gasteiger partial charge in [-0.1, -0.05) is 23.9 Å². The predicted molar refractivity (Wildman–Crippen MR) is 92.4 cm³/mol. The van der Waals surface area contributed by atoms with Gasteiger partial charge in [0.2, 0.25) is 0 Å². The lowest BCUT2D eigenvalue weighted by atomic mass is 10.1. The molecule has 2 rings (SSSR count). The van der Waals surface area contributed by atoms with Crippen molar-refractivity contribution in [1.29, 1.82) is 0 Å². The lowest BCUT2D eigenvalue weighted by Gasteiger charge is -2.15. The van der Waals surface area contributed by atoms with E-state index < -0.39 is 16.6 Å². The molecule has 6 nitrogen and oxygen atoms in total. The van der Waals surface area contributed by atoms with Crippen molar-refractivity contribution in [2.45, 2.75) is 22.8 Å². The molecule has 0 spiro atoms. The van der Waals surface area contributed by atoms with Crippen LogP contribution in [0.1, 0.15) is 17.3 Å². The van der Waals surface area contributed by atoms with Gasteiger partial charge in [0.05, 0.1) is 17.1 Å². The molecule has 0 heterocycles. The first-order valence-corrected chi connectivity index (χ1v) is 8.24. The molecule has 2 aromatic carbocycles. The van der Waals surface area contributed by atoms with E-state index in [0.29, 0.717) is 16.4 Å². The van der Waals surface area contributed by atoms with E-state index in [0.717, 1.165) is 11.8 Å². The summed E-state index contributed by atoms with van der Waals surface area (Å²) in [7, 11) is 1.51. The molecular weight excluding hydrogens is 347 g/mol. The van der Waals surface area contributed by atoms with E-state index in [1.807, 2.05) is 0 Å². The fraction of sp³-hybridized carbons (Fsp3) is 0.235. The standard InChI is InChI=1S/C17H17FN2O4S/c1-11(10-24-2)19-17(21)13-9-12(20(22)23)7-8-15(13)25-16-6-4-3-5-14(16)18/h3-9,11H,10H2,1-2H3,(H,19,21). The first-order valence-electron chi connectivity index (χ1n) is 7.43. The highest BCUT2D eigenvalue weighted by Gasteiger charge is 2.19. The van der Waals surface area contributed by atoms with Gasteiger partial charge >= 0.3 is 0 Å².